The van der Waals surface area contributed by atoms with Gasteiger partial charge in [0.25, 0.3) is 0 Å². The largest absolute Gasteiger partial charge is 0.446 e. The Morgan fingerprint density at radius 3 is 2.62 bits per heavy atom. The zero-order valence-electron chi connectivity index (χ0n) is 18.0. The van der Waals surface area contributed by atoms with E-state index in [1.54, 1.807) is 11.1 Å². The number of alkyl halides is 1. The number of ether oxygens (including phenoxy) is 3. The maximum Gasteiger partial charge on any atom is 0.414 e. The average Bonchev–Trinajstić information content (AvgIpc) is 3.17. The number of rotatable bonds is 4. The molecule has 1 aromatic carbocycles. The van der Waals surface area contributed by atoms with Crippen molar-refractivity contribution in [2.24, 2.45) is 0 Å². The maximum atomic E-state index is 14.3. The fraction of sp³-hybridized carbons (Fsp3) is 0.500. The van der Waals surface area contributed by atoms with Crippen LogP contribution in [0.1, 0.15) is 19.9 Å². The molecule has 4 heterocycles. The molecule has 2 fully saturated rings. The van der Waals surface area contributed by atoms with Crippen LogP contribution in [0.25, 0.3) is 11.1 Å². The Hall–Kier alpha value is -2.98. The van der Waals surface area contributed by atoms with Gasteiger partial charge in [-0.1, -0.05) is 6.07 Å². The van der Waals surface area contributed by atoms with Crippen LogP contribution < -0.4 is 9.80 Å². The zero-order chi connectivity index (χ0) is 22.5. The van der Waals surface area contributed by atoms with Crippen molar-refractivity contribution in [2.75, 3.05) is 49.4 Å². The highest BCUT2D eigenvalue weighted by Gasteiger charge is 2.42. The Morgan fingerprint density at radius 1 is 1.22 bits per heavy atom. The summed E-state index contributed by atoms with van der Waals surface area (Å²) < 4.78 is 31.5. The number of halogens is 1. The molecule has 0 N–H and O–H groups in total. The first-order valence-corrected chi connectivity index (χ1v) is 10.6. The third kappa shape index (κ3) is 3.63. The van der Waals surface area contributed by atoms with E-state index in [0.29, 0.717) is 24.6 Å². The van der Waals surface area contributed by atoms with Crippen molar-refractivity contribution < 1.29 is 28.2 Å². The Bertz CT molecular complexity index is 1050. The molecule has 0 bridgehead atoms. The first kappa shape index (κ1) is 20.9. The number of nitrogens with zero attached hydrogens (tertiary/aromatic N) is 4. The summed E-state index contributed by atoms with van der Waals surface area (Å²) in [6.07, 6.45) is 3.06. The highest BCUT2D eigenvalue weighted by molar-refractivity contribution is 6.03. The molecule has 0 spiro atoms. The van der Waals surface area contributed by atoms with Gasteiger partial charge in [-0.25, -0.2) is 9.18 Å². The van der Waals surface area contributed by atoms with Gasteiger partial charge < -0.3 is 19.1 Å². The molecule has 2 saturated heterocycles. The van der Waals surface area contributed by atoms with Crippen LogP contribution in [0, 0.1) is 0 Å². The molecule has 3 aliphatic heterocycles. The highest BCUT2D eigenvalue weighted by Crippen LogP contribution is 2.39. The highest BCUT2D eigenvalue weighted by atomic mass is 19.1. The van der Waals surface area contributed by atoms with Crippen molar-refractivity contribution in [1.82, 2.24) is 9.78 Å². The molecular weight excluding hydrogens is 419 g/mol. The van der Waals surface area contributed by atoms with Gasteiger partial charge in [-0.3, -0.25) is 14.4 Å². The van der Waals surface area contributed by atoms with E-state index in [0.717, 1.165) is 11.1 Å². The van der Waals surface area contributed by atoms with Crippen molar-refractivity contribution in [3.8, 4) is 11.1 Å². The van der Waals surface area contributed by atoms with E-state index in [-0.39, 0.29) is 44.4 Å². The Balaban J connectivity index is 1.46. The summed E-state index contributed by atoms with van der Waals surface area (Å²) in [7, 11) is 0. The number of fused-ring (bicyclic) bond motifs is 1. The molecule has 10 heteroatoms. The van der Waals surface area contributed by atoms with Gasteiger partial charge in [0.1, 0.15) is 6.61 Å². The van der Waals surface area contributed by atoms with Gasteiger partial charge in [0.05, 0.1) is 56.1 Å². The fourth-order valence-corrected chi connectivity index (χ4v) is 4.20. The van der Waals surface area contributed by atoms with Gasteiger partial charge in [0.15, 0.2) is 5.67 Å². The second kappa shape index (κ2) is 7.86. The molecule has 9 nitrogen and oxygen atoms in total. The van der Waals surface area contributed by atoms with E-state index >= 15 is 0 Å². The number of hydrogen-bond acceptors (Lipinski definition) is 6. The third-order valence-electron chi connectivity index (χ3n) is 6.08. The smallest absolute Gasteiger partial charge is 0.414 e. The molecule has 0 unspecified atom stereocenters. The van der Waals surface area contributed by atoms with Crippen LogP contribution in [-0.2, 0) is 19.0 Å². The van der Waals surface area contributed by atoms with Crippen LogP contribution in [0.3, 0.4) is 0 Å². The van der Waals surface area contributed by atoms with Gasteiger partial charge in [0, 0.05) is 25.2 Å². The van der Waals surface area contributed by atoms with E-state index in [1.165, 1.54) is 11.8 Å². The van der Waals surface area contributed by atoms with Crippen molar-refractivity contribution in [2.45, 2.75) is 31.6 Å². The molecule has 2 amide bonds. The lowest BCUT2D eigenvalue weighted by Crippen LogP contribution is -2.53. The lowest BCUT2D eigenvalue weighted by atomic mass is 10.0. The summed E-state index contributed by atoms with van der Waals surface area (Å²) in [6.45, 7) is 4.35. The Kier molecular flexibility index (Phi) is 5.13. The van der Waals surface area contributed by atoms with Gasteiger partial charge in [-0.15, -0.1) is 0 Å². The summed E-state index contributed by atoms with van der Waals surface area (Å²) in [5, 5.41) is 4.42. The topological polar surface area (TPSA) is 86.1 Å². The molecule has 1 aromatic heterocycles. The van der Waals surface area contributed by atoms with E-state index < -0.39 is 11.8 Å². The molecule has 0 saturated carbocycles. The van der Waals surface area contributed by atoms with E-state index in [1.807, 2.05) is 36.0 Å². The van der Waals surface area contributed by atoms with Crippen molar-refractivity contribution >= 4 is 23.4 Å². The first-order valence-electron chi connectivity index (χ1n) is 10.6. The van der Waals surface area contributed by atoms with Crippen LogP contribution in [0.5, 0.6) is 0 Å². The normalized spacial score (nSPS) is 22.0. The summed E-state index contributed by atoms with van der Waals surface area (Å²) in [5.41, 5.74) is 1.25. The summed E-state index contributed by atoms with van der Waals surface area (Å²) in [5.74, 6) is -0.119. The molecule has 0 aliphatic carbocycles. The molecule has 32 heavy (non-hydrogen) atoms. The predicted octanol–water partition coefficient (Wildman–Crippen LogP) is 2.56. The summed E-state index contributed by atoms with van der Waals surface area (Å²) in [6, 6.07) is 5.53. The minimum absolute atomic E-state index is 0.0778. The molecule has 1 atom stereocenters. The van der Waals surface area contributed by atoms with Crippen molar-refractivity contribution in [1.29, 1.82) is 0 Å². The third-order valence-corrected chi connectivity index (χ3v) is 6.08. The van der Waals surface area contributed by atoms with Crippen LogP contribution >= 0.6 is 0 Å². The second-order valence-corrected chi connectivity index (χ2v) is 8.65. The fourth-order valence-electron chi connectivity index (χ4n) is 4.20. The zero-order valence-corrected chi connectivity index (χ0v) is 18.0. The van der Waals surface area contributed by atoms with Crippen LogP contribution in [0.2, 0.25) is 0 Å². The molecule has 170 valence electrons. The monoisotopic (exact) mass is 444 g/mol. The molecular formula is C22H25FN4O5. The molecule has 5 rings (SSSR count). The SMILES string of the molecule is CC(=O)N1c2ccc(-c3cnn(C4COC4)c3)cc2N(C(=O)OCC2(F)COC2)C[C@@H]1C. The predicted molar refractivity (Wildman–Crippen MR) is 113 cm³/mol. The lowest BCUT2D eigenvalue weighted by Gasteiger charge is -2.41. The number of aromatic nitrogens is 2. The summed E-state index contributed by atoms with van der Waals surface area (Å²) in [4.78, 5) is 28.4. The van der Waals surface area contributed by atoms with E-state index in [9.17, 15) is 14.0 Å². The number of benzene rings is 1. The van der Waals surface area contributed by atoms with Crippen LogP contribution in [0.4, 0.5) is 20.6 Å². The average molecular weight is 444 g/mol. The van der Waals surface area contributed by atoms with Crippen molar-refractivity contribution in [3.63, 3.8) is 0 Å². The minimum atomic E-state index is -1.63. The number of amides is 2. The van der Waals surface area contributed by atoms with Crippen LogP contribution in [-0.4, -0.2) is 73.1 Å². The maximum absolute atomic E-state index is 14.3. The van der Waals surface area contributed by atoms with E-state index in [2.05, 4.69) is 5.10 Å². The van der Waals surface area contributed by atoms with Gasteiger partial charge in [-0.2, -0.15) is 5.10 Å². The molecule has 0 radical (unpaired) electrons. The standard InChI is InChI=1S/C22H25FN4O5/c1-14-7-25(21(29)32-13-22(23)11-31-12-22)20-5-16(3-4-19(20)27(14)15(2)28)17-6-24-26(8-17)18-9-30-10-18/h3-6,8,14,18H,7,9-13H2,1-2H3/t14-/m0/s1. The Labute approximate surface area is 184 Å². The number of hydrogen-bond donors (Lipinski definition) is 0. The second-order valence-electron chi connectivity index (χ2n) is 8.65. The quantitative estimate of drug-likeness (QED) is 0.721. The van der Waals surface area contributed by atoms with Gasteiger partial charge in [-0.05, 0) is 24.6 Å². The molecule has 3 aliphatic rings. The Morgan fingerprint density at radius 2 is 2.00 bits per heavy atom. The number of carbonyl (C=O) groups excluding carboxylic acids is 2. The van der Waals surface area contributed by atoms with E-state index in [4.69, 9.17) is 14.2 Å². The number of anilines is 2. The lowest BCUT2D eigenvalue weighted by molar-refractivity contribution is -0.150. The summed E-state index contributed by atoms with van der Waals surface area (Å²) >= 11 is 0. The first-order chi connectivity index (χ1) is 15.3. The molecule has 2 aromatic rings. The minimum Gasteiger partial charge on any atom is -0.446 e. The van der Waals surface area contributed by atoms with Crippen LogP contribution in [0.15, 0.2) is 30.6 Å². The number of carbonyl (C=O) groups is 2. The van der Waals surface area contributed by atoms with Crippen molar-refractivity contribution in [3.05, 3.63) is 30.6 Å². The van der Waals surface area contributed by atoms with Gasteiger partial charge >= 0.3 is 6.09 Å². The van der Waals surface area contributed by atoms with Gasteiger partial charge in [0.2, 0.25) is 5.91 Å².